The third-order valence-electron chi connectivity index (χ3n) is 5.13. The Balaban J connectivity index is 1.47. The normalized spacial score (nSPS) is 11.6. The number of aryl methyl sites for hydroxylation is 2. The number of nitrogens with zero attached hydrogens (tertiary/aromatic N) is 2. The van der Waals surface area contributed by atoms with Crippen LogP contribution in [0, 0.1) is 0 Å². The van der Waals surface area contributed by atoms with Crippen molar-refractivity contribution in [2.75, 3.05) is 0 Å². The van der Waals surface area contributed by atoms with Crippen molar-refractivity contribution in [3.63, 3.8) is 0 Å². The van der Waals surface area contributed by atoms with Gasteiger partial charge in [-0.1, -0.05) is 37.3 Å². The molecule has 4 aromatic rings. The lowest BCUT2D eigenvalue weighted by Gasteiger charge is -2.10. The van der Waals surface area contributed by atoms with E-state index in [0.29, 0.717) is 35.4 Å². The Hall–Kier alpha value is -3.32. The van der Waals surface area contributed by atoms with E-state index in [0.717, 1.165) is 16.5 Å². The number of carbonyl (C=O) groups excluding carboxylic acids is 1. The zero-order chi connectivity index (χ0) is 21.1. The smallest absolute Gasteiger partial charge is 0.206 e. The van der Waals surface area contributed by atoms with E-state index in [1.807, 2.05) is 19.1 Å². The van der Waals surface area contributed by atoms with Crippen molar-refractivity contribution in [2.45, 2.75) is 36.0 Å². The minimum atomic E-state index is -3.57. The van der Waals surface area contributed by atoms with Crippen LogP contribution in [0.1, 0.15) is 34.8 Å². The number of carbonyl (C=O) groups is 1. The molecule has 0 unspecified atom stereocenters. The number of rotatable bonds is 7. The van der Waals surface area contributed by atoms with E-state index in [2.05, 4.69) is 15.2 Å². The summed E-state index contributed by atoms with van der Waals surface area (Å²) >= 11 is 0. The molecule has 152 valence electrons. The maximum atomic E-state index is 13.0. The Labute approximate surface area is 174 Å². The number of aromatic nitrogens is 3. The summed E-state index contributed by atoms with van der Waals surface area (Å²) in [4.78, 5) is 17.3. The van der Waals surface area contributed by atoms with Gasteiger partial charge in [-0.15, -0.1) is 0 Å². The van der Waals surface area contributed by atoms with Gasteiger partial charge in [-0.05, 0) is 48.2 Å². The van der Waals surface area contributed by atoms with Gasteiger partial charge in [0.1, 0.15) is 0 Å². The highest BCUT2D eigenvalue weighted by atomic mass is 32.2. The van der Waals surface area contributed by atoms with Crippen LogP contribution in [0.2, 0.25) is 0 Å². The van der Waals surface area contributed by atoms with E-state index in [-0.39, 0.29) is 10.7 Å². The van der Waals surface area contributed by atoms with E-state index in [4.69, 9.17) is 0 Å². The van der Waals surface area contributed by atoms with E-state index >= 15 is 0 Å². The molecule has 0 amide bonds. The highest BCUT2D eigenvalue weighted by Gasteiger charge is 2.20. The zero-order valence-corrected chi connectivity index (χ0v) is 17.3. The van der Waals surface area contributed by atoms with Gasteiger partial charge in [-0.25, -0.2) is 13.4 Å². The van der Waals surface area contributed by atoms with Crippen LogP contribution >= 0.6 is 0 Å². The molecular weight excluding hydrogens is 398 g/mol. The van der Waals surface area contributed by atoms with E-state index in [1.165, 1.54) is 0 Å². The fraction of sp³-hybridized carbons (Fsp3) is 0.174. The first-order chi connectivity index (χ1) is 14.5. The minimum Gasteiger partial charge on any atom is -0.294 e. The van der Waals surface area contributed by atoms with Gasteiger partial charge >= 0.3 is 0 Å². The Morgan fingerprint density at radius 1 is 1.03 bits per heavy atom. The number of fused-ring (bicyclic) bond motifs is 1. The highest BCUT2D eigenvalue weighted by molar-refractivity contribution is 7.91. The number of hydrogen-bond acceptors (Lipinski definition) is 5. The molecule has 0 saturated carbocycles. The summed E-state index contributed by atoms with van der Waals surface area (Å²) in [7, 11) is -3.57. The van der Waals surface area contributed by atoms with E-state index < -0.39 is 9.84 Å². The molecule has 0 aliphatic heterocycles. The Morgan fingerprint density at radius 3 is 2.57 bits per heavy atom. The molecule has 0 saturated heterocycles. The van der Waals surface area contributed by atoms with Gasteiger partial charge in [0.2, 0.25) is 9.84 Å². The molecule has 2 aromatic heterocycles. The molecule has 0 radical (unpaired) electrons. The van der Waals surface area contributed by atoms with Crippen molar-refractivity contribution in [1.29, 1.82) is 0 Å². The zero-order valence-electron chi connectivity index (χ0n) is 16.5. The number of Topliss-reactive ketones (excluding diaryl/α,β-unsaturated/α-hetero) is 1. The maximum absolute atomic E-state index is 13.0. The molecule has 0 aliphatic rings. The fourth-order valence-electron chi connectivity index (χ4n) is 3.41. The average Bonchev–Trinajstić information content (AvgIpc) is 3.25. The number of hydrogen-bond donors (Lipinski definition) is 1. The molecule has 0 spiro atoms. The van der Waals surface area contributed by atoms with Crippen molar-refractivity contribution in [1.82, 2.24) is 15.2 Å². The van der Waals surface area contributed by atoms with Crippen LogP contribution in [0.4, 0.5) is 0 Å². The van der Waals surface area contributed by atoms with Crippen LogP contribution < -0.4 is 0 Å². The van der Waals surface area contributed by atoms with Crippen molar-refractivity contribution in [3.05, 3.63) is 83.7 Å². The number of pyridine rings is 1. The second kappa shape index (κ2) is 8.20. The molecule has 7 heteroatoms. The SMILES string of the molecule is CCc1ccccc1S(=O)(=O)c1ccc(CCC(=O)c2cnc3[nH]ncc3c2)cc1. The second-order valence-corrected chi connectivity index (χ2v) is 8.98. The van der Waals surface area contributed by atoms with Crippen LogP contribution in [-0.4, -0.2) is 29.4 Å². The summed E-state index contributed by atoms with van der Waals surface area (Å²) in [5.74, 6) is -0.0147. The molecule has 2 aromatic carbocycles. The molecule has 2 heterocycles. The topological polar surface area (TPSA) is 92.8 Å². The summed E-state index contributed by atoms with van der Waals surface area (Å²) < 4.78 is 26.0. The molecule has 0 bridgehead atoms. The quantitative estimate of drug-likeness (QED) is 0.454. The average molecular weight is 420 g/mol. The number of ketones is 1. The molecule has 30 heavy (non-hydrogen) atoms. The van der Waals surface area contributed by atoms with Crippen LogP contribution in [0.25, 0.3) is 11.0 Å². The number of benzene rings is 2. The third-order valence-corrected chi connectivity index (χ3v) is 7.00. The number of nitrogens with one attached hydrogen (secondary N) is 1. The summed E-state index contributed by atoms with van der Waals surface area (Å²) in [6.45, 7) is 1.94. The predicted octanol–water partition coefficient (Wildman–Crippen LogP) is 4.17. The van der Waals surface area contributed by atoms with Gasteiger partial charge < -0.3 is 0 Å². The lowest BCUT2D eigenvalue weighted by molar-refractivity contribution is 0.0982. The predicted molar refractivity (Wildman–Crippen MR) is 114 cm³/mol. The highest BCUT2D eigenvalue weighted by Crippen LogP contribution is 2.25. The van der Waals surface area contributed by atoms with Gasteiger partial charge in [0.25, 0.3) is 0 Å². The second-order valence-electron chi connectivity index (χ2n) is 7.06. The van der Waals surface area contributed by atoms with Crippen molar-refractivity contribution >= 4 is 26.7 Å². The first-order valence-corrected chi connectivity index (χ1v) is 11.2. The van der Waals surface area contributed by atoms with Gasteiger partial charge in [-0.3, -0.25) is 9.89 Å². The molecule has 1 N–H and O–H groups in total. The lowest BCUT2D eigenvalue weighted by Crippen LogP contribution is -2.06. The third kappa shape index (κ3) is 3.89. The number of H-pyrrole nitrogens is 1. The summed E-state index contributed by atoms with van der Waals surface area (Å²) in [6.07, 6.45) is 4.66. The first-order valence-electron chi connectivity index (χ1n) is 9.73. The molecule has 6 nitrogen and oxygen atoms in total. The monoisotopic (exact) mass is 419 g/mol. The van der Waals surface area contributed by atoms with Crippen LogP contribution in [0.15, 0.2) is 76.8 Å². The number of aromatic amines is 1. The largest absolute Gasteiger partial charge is 0.294 e. The van der Waals surface area contributed by atoms with Crippen LogP contribution in [-0.2, 0) is 22.7 Å². The van der Waals surface area contributed by atoms with Gasteiger partial charge in [0.05, 0.1) is 16.0 Å². The summed E-state index contributed by atoms with van der Waals surface area (Å²) in [6, 6.07) is 15.6. The van der Waals surface area contributed by atoms with Crippen LogP contribution in [0.5, 0.6) is 0 Å². The molecule has 0 fully saturated rings. The van der Waals surface area contributed by atoms with Gasteiger partial charge in [0.15, 0.2) is 11.4 Å². The van der Waals surface area contributed by atoms with E-state index in [1.54, 1.807) is 54.9 Å². The Bertz CT molecular complexity index is 1310. The van der Waals surface area contributed by atoms with Gasteiger partial charge in [-0.2, -0.15) is 5.10 Å². The molecule has 0 atom stereocenters. The molecule has 0 aliphatic carbocycles. The van der Waals surface area contributed by atoms with Crippen molar-refractivity contribution in [3.8, 4) is 0 Å². The number of sulfone groups is 1. The van der Waals surface area contributed by atoms with Crippen molar-refractivity contribution < 1.29 is 13.2 Å². The van der Waals surface area contributed by atoms with Crippen LogP contribution in [0.3, 0.4) is 0 Å². The maximum Gasteiger partial charge on any atom is 0.206 e. The summed E-state index contributed by atoms with van der Waals surface area (Å²) in [5, 5.41) is 7.46. The lowest BCUT2D eigenvalue weighted by atomic mass is 10.0. The van der Waals surface area contributed by atoms with Gasteiger partial charge in [0, 0.05) is 23.6 Å². The fourth-order valence-corrected chi connectivity index (χ4v) is 4.98. The Kier molecular flexibility index (Phi) is 5.46. The van der Waals surface area contributed by atoms with Crippen molar-refractivity contribution in [2.24, 2.45) is 0 Å². The first kappa shape index (κ1) is 20.0. The summed E-state index contributed by atoms with van der Waals surface area (Å²) in [5.41, 5.74) is 2.89. The van der Waals surface area contributed by atoms with E-state index in [9.17, 15) is 13.2 Å². The minimum absolute atomic E-state index is 0.0147. The molecular formula is C23H21N3O3S. The molecule has 4 rings (SSSR count). The Morgan fingerprint density at radius 2 is 1.80 bits per heavy atom. The standard InChI is InChI=1S/C23H21N3O3S/c1-2-17-5-3-4-6-22(17)30(28,29)20-10-7-16(8-11-20)9-12-21(27)18-13-19-15-25-26-23(19)24-14-18/h3-8,10-11,13-15H,2,9,12H2,1H3,(H,24,25,26).